The first kappa shape index (κ1) is 14.1. The average Bonchev–Trinajstić information content (AvgIpc) is 2.73. The molecule has 2 N–H and O–H groups in total. The van der Waals surface area contributed by atoms with Gasteiger partial charge in [0, 0.05) is 13.2 Å². The van der Waals surface area contributed by atoms with E-state index in [4.69, 9.17) is 21.1 Å². The Labute approximate surface area is 106 Å². The van der Waals surface area contributed by atoms with E-state index in [2.05, 4.69) is 12.2 Å². The number of furan rings is 1. The molecule has 1 aromatic rings. The van der Waals surface area contributed by atoms with Gasteiger partial charge >= 0.3 is 0 Å². The van der Waals surface area contributed by atoms with Crippen LogP contribution in [-0.4, -0.2) is 24.2 Å². The van der Waals surface area contributed by atoms with E-state index in [9.17, 15) is 4.79 Å². The Morgan fingerprint density at radius 2 is 2.29 bits per heavy atom. The maximum atomic E-state index is 11.6. The molecule has 1 aromatic heterocycles. The van der Waals surface area contributed by atoms with Crippen molar-refractivity contribution in [1.29, 1.82) is 0 Å². The van der Waals surface area contributed by atoms with Crippen LogP contribution in [0.2, 0.25) is 5.22 Å². The molecule has 1 rings (SSSR count). The summed E-state index contributed by atoms with van der Waals surface area (Å²) in [6.45, 7) is 2.77. The topological polar surface area (TPSA) is 62.5 Å². The minimum Gasteiger partial charge on any atom is -0.440 e. The monoisotopic (exact) mass is 259 g/mol. The van der Waals surface area contributed by atoms with Crippen LogP contribution in [0.4, 0.5) is 0 Å². The lowest BCUT2D eigenvalue weighted by molar-refractivity contribution is 0.0915. The molecule has 0 bridgehead atoms. The van der Waals surface area contributed by atoms with Crippen LogP contribution in [0.3, 0.4) is 0 Å². The molecule has 1 amide bonds. The molecule has 17 heavy (non-hydrogen) atoms. The molecule has 1 atom stereocenters. The largest absolute Gasteiger partial charge is 0.440 e. The van der Waals surface area contributed by atoms with E-state index >= 15 is 0 Å². The number of carbonyl (C=O) groups is 1. The Bertz CT molecular complexity index is 345. The Hall–Kier alpha value is -1.00. The maximum Gasteiger partial charge on any atom is 0.287 e. The minimum atomic E-state index is -0.268. The highest BCUT2D eigenvalue weighted by atomic mass is 35.5. The van der Waals surface area contributed by atoms with Gasteiger partial charge in [-0.05, 0) is 42.5 Å². The molecule has 0 spiro atoms. The lowest BCUT2D eigenvalue weighted by Crippen LogP contribution is -2.29. The number of aliphatic hydroxyl groups excluding tert-OH is 1. The molecular formula is C12H18ClNO3. The number of nitrogens with one attached hydrogen (secondary N) is 1. The minimum absolute atomic E-state index is 0.146. The fraction of sp³-hybridized carbons (Fsp3) is 0.583. The van der Waals surface area contributed by atoms with Crippen molar-refractivity contribution in [3.63, 3.8) is 0 Å². The van der Waals surface area contributed by atoms with Crippen LogP contribution in [0.1, 0.15) is 36.7 Å². The van der Waals surface area contributed by atoms with Gasteiger partial charge in [-0.15, -0.1) is 0 Å². The van der Waals surface area contributed by atoms with E-state index < -0.39 is 0 Å². The highest BCUT2D eigenvalue weighted by Gasteiger charge is 2.13. The first-order chi connectivity index (χ1) is 8.17. The van der Waals surface area contributed by atoms with Crippen molar-refractivity contribution in [2.45, 2.75) is 26.2 Å². The van der Waals surface area contributed by atoms with Gasteiger partial charge < -0.3 is 14.8 Å². The van der Waals surface area contributed by atoms with Gasteiger partial charge in [0.15, 0.2) is 11.0 Å². The van der Waals surface area contributed by atoms with E-state index in [-0.39, 0.29) is 23.5 Å². The Kier molecular flexibility index (Phi) is 6.08. The van der Waals surface area contributed by atoms with Crippen molar-refractivity contribution in [3.05, 3.63) is 23.1 Å². The molecule has 0 aliphatic rings. The number of rotatable bonds is 7. The van der Waals surface area contributed by atoms with Gasteiger partial charge in [0.05, 0.1) is 0 Å². The number of halogens is 1. The zero-order valence-corrected chi connectivity index (χ0v) is 10.7. The summed E-state index contributed by atoms with van der Waals surface area (Å²) in [7, 11) is 0. The second kappa shape index (κ2) is 7.35. The molecule has 0 aliphatic heterocycles. The van der Waals surface area contributed by atoms with Crippen LogP contribution >= 0.6 is 11.6 Å². The second-order valence-corrected chi connectivity index (χ2v) is 4.35. The van der Waals surface area contributed by atoms with Crippen LogP contribution in [0.5, 0.6) is 0 Å². The van der Waals surface area contributed by atoms with Gasteiger partial charge in [0.2, 0.25) is 0 Å². The SMILES string of the molecule is CCCC(CCO)CNC(=O)c1ccc(Cl)o1. The molecule has 4 nitrogen and oxygen atoms in total. The summed E-state index contributed by atoms with van der Waals surface area (Å²) in [5.74, 6) is 0.254. The number of hydrogen-bond donors (Lipinski definition) is 2. The summed E-state index contributed by atoms with van der Waals surface area (Å²) < 4.78 is 5.00. The van der Waals surface area contributed by atoms with Crippen molar-refractivity contribution in [2.75, 3.05) is 13.2 Å². The van der Waals surface area contributed by atoms with Crippen LogP contribution in [-0.2, 0) is 0 Å². The Morgan fingerprint density at radius 1 is 1.53 bits per heavy atom. The highest BCUT2D eigenvalue weighted by molar-refractivity contribution is 6.29. The molecule has 0 radical (unpaired) electrons. The van der Waals surface area contributed by atoms with E-state index in [1.54, 1.807) is 6.07 Å². The van der Waals surface area contributed by atoms with Crippen LogP contribution in [0.15, 0.2) is 16.5 Å². The van der Waals surface area contributed by atoms with E-state index in [1.807, 2.05) is 0 Å². The second-order valence-electron chi connectivity index (χ2n) is 3.98. The molecule has 5 heteroatoms. The molecular weight excluding hydrogens is 242 g/mol. The molecule has 0 saturated carbocycles. The fourth-order valence-electron chi connectivity index (χ4n) is 1.70. The number of amides is 1. The standard InChI is InChI=1S/C12H18ClNO3/c1-2-3-9(6-7-15)8-14-12(16)10-4-5-11(13)17-10/h4-5,9,15H,2-3,6-8H2,1H3,(H,14,16). The van der Waals surface area contributed by atoms with Gasteiger partial charge in [-0.1, -0.05) is 13.3 Å². The predicted molar refractivity (Wildman–Crippen MR) is 66.2 cm³/mol. The maximum absolute atomic E-state index is 11.6. The molecule has 0 aromatic carbocycles. The first-order valence-corrected chi connectivity index (χ1v) is 6.19. The van der Waals surface area contributed by atoms with Crippen LogP contribution < -0.4 is 5.32 Å². The van der Waals surface area contributed by atoms with Crippen LogP contribution in [0.25, 0.3) is 0 Å². The van der Waals surface area contributed by atoms with Gasteiger partial charge in [-0.3, -0.25) is 4.79 Å². The number of carbonyl (C=O) groups excluding carboxylic acids is 1. The molecule has 1 heterocycles. The predicted octanol–water partition coefficient (Wildman–Crippen LogP) is 2.46. The summed E-state index contributed by atoms with van der Waals surface area (Å²) in [6, 6.07) is 3.08. The van der Waals surface area contributed by atoms with Gasteiger partial charge in [0.1, 0.15) is 0 Å². The van der Waals surface area contributed by atoms with E-state index in [0.29, 0.717) is 18.9 Å². The molecule has 1 unspecified atom stereocenters. The van der Waals surface area contributed by atoms with Crippen LogP contribution in [0, 0.1) is 5.92 Å². The van der Waals surface area contributed by atoms with Crippen molar-refractivity contribution in [3.8, 4) is 0 Å². The summed E-state index contributed by atoms with van der Waals surface area (Å²) >= 11 is 5.59. The number of hydrogen-bond acceptors (Lipinski definition) is 3. The molecule has 96 valence electrons. The lowest BCUT2D eigenvalue weighted by atomic mass is 10.0. The zero-order valence-electron chi connectivity index (χ0n) is 9.91. The molecule has 0 aliphatic carbocycles. The first-order valence-electron chi connectivity index (χ1n) is 5.81. The highest BCUT2D eigenvalue weighted by Crippen LogP contribution is 2.14. The van der Waals surface area contributed by atoms with Crippen molar-refractivity contribution in [2.24, 2.45) is 5.92 Å². The summed E-state index contributed by atoms with van der Waals surface area (Å²) in [5, 5.41) is 11.9. The third-order valence-corrected chi connectivity index (χ3v) is 2.79. The summed E-state index contributed by atoms with van der Waals surface area (Å²) in [5.41, 5.74) is 0. The smallest absolute Gasteiger partial charge is 0.287 e. The van der Waals surface area contributed by atoms with Gasteiger partial charge in [0.25, 0.3) is 5.91 Å². The Morgan fingerprint density at radius 3 is 2.82 bits per heavy atom. The summed E-state index contributed by atoms with van der Waals surface area (Å²) in [4.78, 5) is 11.6. The molecule has 0 saturated heterocycles. The third-order valence-electron chi connectivity index (χ3n) is 2.58. The number of aliphatic hydroxyl groups is 1. The summed E-state index contributed by atoms with van der Waals surface area (Å²) in [6.07, 6.45) is 2.72. The quantitative estimate of drug-likeness (QED) is 0.791. The van der Waals surface area contributed by atoms with Crippen molar-refractivity contribution < 1.29 is 14.3 Å². The fourth-order valence-corrected chi connectivity index (χ4v) is 1.85. The third kappa shape index (κ3) is 4.79. The normalized spacial score (nSPS) is 12.4. The van der Waals surface area contributed by atoms with Gasteiger partial charge in [-0.25, -0.2) is 0 Å². The lowest BCUT2D eigenvalue weighted by Gasteiger charge is -2.14. The zero-order chi connectivity index (χ0) is 12.7. The average molecular weight is 260 g/mol. The van der Waals surface area contributed by atoms with Gasteiger partial charge in [-0.2, -0.15) is 0 Å². The Balaban J connectivity index is 2.40. The van der Waals surface area contributed by atoms with Crippen molar-refractivity contribution >= 4 is 17.5 Å². The van der Waals surface area contributed by atoms with Crippen molar-refractivity contribution in [1.82, 2.24) is 5.32 Å². The molecule has 0 fully saturated rings. The van der Waals surface area contributed by atoms with E-state index in [1.165, 1.54) is 6.07 Å². The van der Waals surface area contributed by atoms with E-state index in [0.717, 1.165) is 12.8 Å².